The van der Waals surface area contributed by atoms with Crippen molar-refractivity contribution in [2.75, 3.05) is 0 Å². The average Bonchev–Trinajstić information content (AvgIpc) is 4.02. The topological polar surface area (TPSA) is 48.5 Å². The second kappa shape index (κ2) is 13.2. The van der Waals surface area contributed by atoms with Crippen molar-refractivity contribution in [1.82, 2.24) is 24.1 Å². The zero-order chi connectivity index (χ0) is 41.2. The van der Waals surface area contributed by atoms with Crippen LogP contribution in [0.5, 0.6) is 0 Å². The highest BCUT2D eigenvalue weighted by Gasteiger charge is 2.24. The number of para-hydroxylation sites is 2. The lowest BCUT2D eigenvalue weighted by atomic mass is 9.94. The molecule has 6 heteroatoms. The fourth-order valence-electron chi connectivity index (χ4n) is 10.3. The third-order valence-electron chi connectivity index (χ3n) is 13.0. The lowest BCUT2D eigenvalue weighted by molar-refractivity contribution is 0.954. The molecule has 0 radical (unpaired) electrons. The first-order valence-electron chi connectivity index (χ1n) is 21.3. The van der Waals surface area contributed by atoms with Crippen molar-refractivity contribution in [3.63, 3.8) is 0 Å². The van der Waals surface area contributed by atoms with E-state index >= 15 is 0 Å². The number of rotatable bonds is 4. The zero-order valence-corrected chi connectivity index (χ0v) is 34.5. The zero-order valence-electron chi connectivity index (χ0n) is 33.7. The highest BCUT2D eigenvalue weighted by Crippen LogP contribution is 2.44. The number of thiophene rings is 1. The maximum atomic E-state index is 5.44. The third-order valence-corrected chi connectivity index (χ3v) is 14.1. The molecule has 0 N–H and O–H groups in total. The summed E-state index contributed by atoms with van der Waals surface area (Å²) >= 11 is 1.80. The first-order chi connectivity index (χ1) is 31.3. The van der Waals surface area contributed by atoms with Crippen LogP contribution in [0.2, 0.25) is 0 Å². The molecule has 10 aromatic carbocycles. The Morgan fingerprint density at radius 1 is 0.333 bits per heavy atom. The Bertz CT molecular complexity index is 4180. The maximum Gasteiger partial charge on any atom is 0.238 e. The van der Waals surface area contributed by atoms with Gasteiger partial charge in [0.1, 0.15) is 0 Å². The molecule has 0 saturated carbocycles. The summed E-state index contributed by atoms with van der Waals surface area (Å²) in [6.07, 6.45) is 0. The van der Waals surface area contributed by atoms with Gasteiger partial charge in [-0.2, -0.15) is 9.97 Å². The second-order valence-electron chi connectivity index (χ2n) is 16.3. The number of nitrogens with zero attached hydrogens (tertiary/aromatic N) is 5. The lowest BCUT2D eigenvalue weighted by Gasteiger charge is -2.14. The summed E-state index contributed by atoms with van der Waals surface area (Å²) in [5.41, 5.74) is 7.41. The van der Waals surface area contributed by atoms with E-state index in [4.69, 9.17) is 15.0 Å². The Kier molecular flexibility index (Phi) is 7.21. The molecule has 0 amide bonds. The summed E-state index contributed by atoms with van der Waals surface area (Å²) in [4.78, 5) is 16.0. The van der Waals surface area contributed by atoms with Gasteiger partial charge in [-0.15, -0.1) is 11.3 Å². The predicted octanol–water partition coefficient (Wildman–Crippen LogP) is 15.2. The molecule has 4 heterocycles. The molecule has 0 atom stereocenters. The standard InChI is InChI=1S/C57H33N5S/c1-2-15-34(16-3-1)55-58-56(45-24-14-28-51-52(45)44-23-10-13-27-50(44)63-51)60-57(59-55)62-48-26-12-9-22-43(48)53-49(62)32-31-42-41-21-8-11-25-47(41)61(54(42)53)35-29-30-40-38-19-5-4-17-36(38)37-18-6-7-20-39(37)46(40)33-35/h1-33H. The van der Waals surface area contributed by atoms with E-state index in [2.05, 4.69) is 191 Å². The van der Waals surface area contributed by atoms with E-state index in [1.165, 1.54) is 63.3 Å². The Balaban J connectivity index is 1.09. The lowest BCUT2D eigenvalue weighted by Crippen LogP contribution is -2.06. The Hall–Kier alpha value is -8.19. The van der Waals surface area contributed by atoms with Gasteiger partial charge in [0, 0.05) is 58.5 Å². The van der Waals surface area contributed by atoms with Gasteiger partial charge >= 0.3 is 0 Å². The average molecular weight is 820 g/mol. The van der Waals surface area contributed by atoms with Crippen molar-refractivity contribution >= 4 is 107 Å². The minimum absolute atomic E-state index is 0.577. The van der Waals surface area contributed by atoms with Crippen molar-refractivity contribution in [2.45, 2.75) is 0 Å². The van der Waals surface area contributed by atoms with Crippen LogP contribution in [0.15, 0.2) is 200 Å². The number of hydrogen-bond donors (Lipinski definition) is 0. The molecular weight excluding hydrogens is 787 g/mol. The van der Waals surface area contributed by atoms with Gasteiger partial charge in [0.05, 0.1) is 22.1 Å². The molecular formula is C57H33N5S. The van der Waals surface area contributed by atoms with Crippen LogP contribution in [0, 0.1) is 0 Å². The first kappa shape index (κ1) is 34.5. The monoisotopic (exact) mass is 819 g/mol. The molecule has 0 unspecified atom stereocenters. The molecule has 0 bridgehead atoms. The van der Waals surface area contributed by atoms with E-state index in [1.54, 1.807) is 11.3 Å². The summed E-state index contributed by atoms with van der Waals surface area (Å²) in [7, 11) is 0. The Morgan fingerprint density at radius 2 is 0.905 bits per heavy atom. The maximum absolute atomic E-state index is 5.44. The molecule has 292 valence electrons. The van der Waals surface area contributed by atoms with E-state index < -0.39 is 0 Å². The molecule has 0 aliphatic heterocycles. The molecule has 14 rings (SSSR count). The van der Waals surface area contributed by atoms with Crippen molar-refractivity contribution in [2.24, 2.45) is 0 Å². The van der Waals surface area contributed by atoms with Gasteiger partial charge in [-0.05, 0) is 74.8 Å². The van der Waals surface area contributed by atoms with Crippen LogP contribution >= 0.6 is 11.3 Å². The van der Waals surface area contributed by atoms with Crippen molar-refractivity contribution in [1.29, 1.82) is 0 Å². The molecule has 4 aromatic heterocycles. The number of benzene rings is 10. The first-order valence-corrected chi connectivity index (χ1v) is 22.1. The number of fused-ring (bicyclic) bond motifs is 16. The van der Waals surface area contributed by atoms with Crippen molar-refractivity contribution in [3.05, 3.63) is 200 Å². The van der Waals surface area contributed by atoms with Gasteiger partial charge in [-0.1, -0.05) is 158 Å². The van der Waals surface area contributed by atoms with Crippen molar-refractivity contribution < 1.29 is 0 Å². The van der Waals surface area contributed by atoms with Gasteiger partial charge < -0.3 is 4.57 Å². The fraction of sp³-hybridized carbons (Fsp3) is 0. The van der Waals surface area contributed by atoms with Crippen LogP contribution in [-0.4, -0.2) is 24.1 Å². The van der Waals surface area contributed by atoms with Crippen molar-refractivity contribution in [3.8, 4) is 34.4 Å². The quantitative estimate of drug-likeness (QED) is 0.166. The molecule has 63 heavy (non-hydrogen) atoms. The van der Waals surface area contributed by atoms with Crippen LogP contribution in [0.1, 0.15) is 0 Å². The van der Waals surface area contributed by atoms with Gasteiger partial charge in [-0.3, -0.25) is 4.57 Å². The molecule has 14 aromatic rings. The largest absolute Gasteiger partial charge is 0.309 e. The smallest absolute Gasteiger partial charge is 0.238 e. The molecule has 0 spiro atoms. The SMILES string of the molecule is c1ccc(-c2nc(-c3cccc4sc5ccccc5c34)nc(-n3c4ccccc4c4c3ccc3c5ccccc5n(-c5ccc6c7ccccc7c7ccccc7c6c5)c34)n2)cc1. The summed E-state index contributed by atoms with van der Waals surface area (Å²) in [5, 5.41) is 14.6. The second-order valence-corrected chi connectivity index (χ2v) is 17.4. The van der Waals surface area contributed by atoms with Gasteiger partial charge in [0.15, 0.2) is 11.6 Å². The minimum atomic E-state index is 0.577. The van der Waals surface area contributed by atoms with Gasteiger partial charge in [0.25, 0.3) is 0 Å². The van der Waals surface area contributed by atoms with Gasteiger partial charge in [0.2, 0.25) is 5.95 Å². The Labute approximate surface area is 364 Å². The highest BCUT2D eigenvalue weighted by molar-refractivity contribution is 7.25. The highest BCUT2D eigenvalue weighted by atomic mass is 32.1. The van der Waals surface area contributed by atoms with E-state index in [0.717, 1.165) is 49.7 Å². The third kappa shape index (κ3) is 4.95. The Morgan fingerprint density at radius 3 is 1.67 bits per heavy atom. The summed E-state index contributed by atoms with van der Waals surface area (Å²) in [6.45, 7) is 0. The minimum Gasteiger partial charge on any atom is -0.309 e. The van der Waals surface area contributed by atoms with E-state index in [1.807, 2.05) is 18.2 Å². The summed E-state index contributed by atoms with van der Waals surface area (Å²) in [5.74, 6) is 1.85. The van der Waals surface area contributed by atoms with Gasteiger partial charge in [-0.25, -0.2) is 4.98 Å². The molecule has 0 fully saturated rings. The van der Waals surface area contributed by atoms with Crippen LogP contribution in [0.4, 0.5) is 0 Å². The molecule has 5 nitrogen and oxygen atoms in total. The van der Waals surface area contributed by atoms with E-state index in [0.29, 0.717) is 17.6 Å². The normalized spacial score (nSPS) is 12.1. The van der Waals surface area contributed by atoms with E-state index in [-0.39, 0.29) is 0 Å². The predicted molar refractivity (Wildman–Crippen MR) is 265 cm³/mol. The van der Waals surface area contributed by atoms with E-state index in [9.17, 15) is 0 Å². The van der Waals surface area contributed by atoms with Crippen LogP contribution in [-0.2, 0) is 0 Å². The van der Waals surface area contributed by atoms with Crippen LogP contribution < -0.4 is 0 Å². The number of aromatic nitrogens is 5. The number of hydrogen-bond acceptors (Lipinski definition) is 4. The molecule has 0 aliphatic rings. The fourth-order valence-corrected chi connectivity index (χ4v) is 11.4. The summed E-state index contributed by atoms with van der Waals surface area (Å²) in [6, 6.07) is 72.0. The molecule has 0 saturated heterocycles. The van der Waals surface area contributed by atoms with Crippen LogP contribution in [0.25, 0.3) is 131 Å². The molecule has 0 aliphatic carbocycles. The van der Waals surface area contributed by atoms with Crippen LogP contribution in [0.3, 0.4) is 0 Å². The summed E-state index contributed by atoms with van der Waals surface area (Å²) < 4.78 is 7.17.